The number of hydrogen-bond acceptors (Lipinski definition) is 3. The van der Waals surface area contributed by atoms with E-state index < -0.39 is 5.97 Å². The summed E-state index contributed by atoms with van der Waals surface area (Å²) in [5, 5.41) is 19.5. The molecule has 128 valence electrons. The van der Waals surface area contributed by atoms with Crippen LogP contribution in [0.25, 0.3) is 11.1 Å². The van der Waals surface area contributed by atoms with Crippen molar-refractivity contribution in [1.82, 2.24) is 0 Å². The second-order valence-corrected chi connectivity index (χ2v) is 5.95. The zero-order valence-corrected chi connectivity index (χ0v) is 14.4. The highest BCUT2D eigenvalue weighted by Crippen LogP contribution is 2.34. The fraction of sp³-hybridized carbons (Fsp3) is 0.350. The first-order valence-corrected chi connectivity index (χ1v) is 8.31. The second kappa shape index (κ2) is 7.86. The predicted octanol–water partition coefficient (Wildman–Crippen LogP) is 5.06. The molecule has 1 atom stereocenters. The van der Waals surface area contributed by atoms with Gasteiger partial charge in [-0.1, -0.05) is 39.0 Å². The summed E-state index contributed by atoms with van der Waals surface area (Å²) in [5.41, 5.74) is 2.86. The van der Waals surface area contributed by atoms with Crippen LogP contribution in [0.2, 0.25) is 0 Å². The van der Waals surface area contributed by atoms with Crippen molar-refractivity contribution in [2.45, 2.75) is 39.5 Å². The molecular weight excluding hydrogens is 304 g/mol. The van der Waals surface area contributed by atoms with E-state index in [0.717, 1.165) is 29.5 Å². The van der Waals surface area contributed by atoms with Crippen LogP contribution < -0.4 is 4.74 Å². The minimum atomic E-state index is -0.914. The van der Waals surface area contributed by atoms with Gasteiger partial charge in [-0.15, -0.1) is 0 Å². The van der Waals surface area contributed by atoms with Crippen molar-refractivity contribution < 1.29 is 19.7 Å². The molecule has 2 rings (SSSR count). The van der Waals surface area contributed by atoms with Crippen molar-refractivity contribution in [2.24, 2.45) is 0 Å². The molecule has 0 saturated heterocycles. The van der Waals surface area contributed by atoms with E-state index in [0.29, 0.717) is 17.9 Å². The Morgan fingerprint density at radius 2 is 1.79 bits per heavy atom. The van der Waals surface area contributed by atoms with Crippen LogP contribution in [0.1, 0.15) is 55.5 Å². The molecule has 0 amide bonds. The van der Waals surface area contributed by atoms with E-state index in [2.05, 4.69) is 0 Å². The van der Waals surface area contributed by atoms with E-state index >= 15 is 0 Å². The van der Waals surface area contributed by atoms with Crippen LogP contribution in [0.4, 0.5) is 0 Å². The third-order valence-electron chi connectivity index (χ3n) is 4.18. The molecule has 0 bridgehead atoms. The number of ether oxygens (including phenoxy) is 1. The maximum absolute atomic E-state index is 11.4. The number of phenolic OH excluding ortho intramolecular Hbond substituents is 1. The minimum absolute atomic E-state index is 0.0911. The normalized spacial score (nSPS) is 12.0. The van der Waals surface area contributed by atoms with Gasteiger partial charge in [0.1, 0.15) is 0 Å². The summed E-state index contributed by atoms with van der Waals surface area (Å²) >= 11 is 0. The molecule has 2 aromatic carbocycles. The Bertz CT molecular complexity index is 722. The van der Waals surface area contributed by atoms with Gasteiger partial charge in [-0.3, -0.25) is 0 Å². The van der Waals surface area contributed by atoms with Gasteiger partial charge in [-0.25, -0.2) is 4.79 Å². The smallest absolute Gasteiger partial charge is 0.335 e. The number of aromatic hydroxyl groups is 1. The topological polar surface area (TPSA) is 66.8 Å². The summed E-state index contributed by atoms with van der Waals surface area (Å²) in [6, 6.07) is 10.6. The Labute approximate surface area is 142 Å². The fourth-order valence-corrected chi connectivity index (χ4v) is 2.60. The number of hydrogen-bond donors (Lipinski definition) is 2. The Hall–Kier alpha value is -2.49. The maximum Gasteiger partial charge on any atom is 0.335 e. The van der Waals surface area contributed by atoms with Gasteiger partial charge in [-0.2, -0.15) is 0 Å². The van der Waals surface area contributed by atoms with Gasteiger partial charge in [0.25, 0.3) is 0 Å². The van der Waals surface area contributed by atoms with E-state index in [9.17, 15) is 15.0 Å². The van der Waals surface area contributed by atoms with Crippen molar-refractivity contribution in [2.75, 3.05) is 6.61 Å². The van der Waals surface area contributed by atoms with Gasteiger partial charge in [0, 0.05) is 0 Å². The van der Waals surface area contributed by atoms with Crippen LogP contribution in [0.3, 0.4) is 0 Å². The molecule has 24 heavy (non-hydrogen) atoms. The van der Waals surface area contributed by atoms with Crippen molar-refractivity contribution >= 4 is 5.97 Å². The van der Waals surface area contributed by atoms with Gasteiger partial charge in [0.05, 0.1) is 12.2 Å². The van der Waals surface area contributed by atoms with Gasteiger partial charge in [0.2, 0.25) is 0 Å². The lowest BCUT2D eigenvalue weighted by molar-refractivity contribution is 0.0695. The lowest BCUT2D eigenvalue weighted by Gasteiger charge is -2.15. The largest absolute Gasteiger partial charge is 0.504 e. The molecular formula is C20H24O4. The molecule has 0 fully saturated rings. The highest BCUT2D eigenvalue weighted by Gasteiger charge is 2.16. The lowest BCUT2D eigenvalue weighted by Crippen LogP contribution is -2.05. The molecule has 0 aliphatic rings. The van der Waals surface area contributed by atoms with E-state index in [1.54, 1.807) is 24.3 Å². The van der Waals surface area contributed by atoms with Crippen LogP contribution in [0.5, 0.6) is 11.5 Å². The number of aromatic carboxylic acids is 1. The molecule has 2 N–H and O–H groups in total. The van der Waals surface area contributed by atoms with Gasteiger partial charge in [-0.05, 0) is 53.6 Å². The third-order valence-corrected chi connectivity index (χ3v) is 4.18. The second-order valence-electron chi connectivity index (χ2n) is 5.95. The SMILES string of the molecule is CCCOc1ccc(-c2ccc(C(=O)O)c(C(C)CC)c2)cc1O. The van der Waals surface area contributed by atoms with Gasteiger partial charge >= 0.3 is 5.97 Å². The van der Waals surface area contributed by atoms with Gasteiger partial charge in [0.15, 0.2) is 11.5 Å². The summed E-state index contributed by atoms with van der Waals surface area (Å²) in [6.07, 6.45) is 1.73. The Morgan fingerprint density at radius 1 is 1.12 bits per heavy atom. The van der Waals surface area contributed by atoms with E-state index in [-0.39, 0.29) is 11.7 Å². The van der Waals surface area contributed by atoms with E-state index in [1.807, 2.05) is 32.9 Å². The summed E-state index contributed by atoms with van der Waals surface area (Å²) in [5.74, 6) is -0.210. The molecule has 0 aromatic heterocycles. The van der Waals surface area contributed by atoms with Crippen LogP contribution in [0.15, 0.2) is 36.4 Å². The molecule has 1 unspecified atom stereocenters. The summed E-state index contributed by atoms with van der Waals surface area (Å²) in [7, 11) is 0. The highest BCUT2D eigenvalue weighted by molar-refractivity contribution is 5.90. The fourth-order valence-electron chi connectivity index (χ4n) is 2.60. The number of benzene rings is 2. The Morgan fingerprint density at radius 3 is 2.38 bits per heavy atom. The average molecular weight is 328 g/mol. The Balaban J connectivity index is 2.42. The van der Waals surface area contributed by atoms with E-state index in [4.69, 9.17) is 4.74 Å². The van der Waals surface area contributed by atoms with Crippen LogP contribution >= 0.6 is 0 Å². The predicted molar refractivity (Wildman–Crippen MR) is 95.0 cm³/mol. The number of carboxylic acid groups (broad SMARTS) is 1. The number of carbonyl (C=O) groups is 1. The molecule has 0 spiro atoms. The molecule has 0 heterocycles. The van der Waals surface area contributed by atoms with Crippen molar-refractivity contribution in [3.8, 4) is 22.6 Å². The monoisotopic (exact) mass is 328 g/mol. The van der Waals surface area contributed by atoms with Crippen LogP contribution in [-0.4, -0.2) is 22.8 Å². The Kier molecular flexibility index (Phi) is 5.85. The molecule has 4 nitrogen and oxygen atoms in total. The molecule has 0 aliphatic heterocycles. The summed E-state index contributed by atoms with van der Waals surface area (Å²) < 4.78 is 5.48. The lowest BCUT2D eigenvalue weighted by atomic mass is 9.90. The van der Waals surface area contributed by atoms with Crippen LogP contribution in [-0.2, 0) is 0 Å². The maximum atomic E-state index is 11.4. The number of phenols is 1. The molecule has 0 saturated carbocycles. The molecule has 0 aliphatic carbocycles. The number of rotatable bonds is 7. The zero-order valence-electron chi connectivity index (χ0n) is 14.4. The van der Waals surface area contributed by atoms with Crippen molar-refractivity contribution in [1.29, 1.82) is 0 Å². The molecule has 0 radical (unpaired) electrons. The van der Waals surface area contributed by atoms with Crippen molar-refractivity contribution in [3.05, 3.63) is 47.5 Å². The first kappa shape index (κ1) is 17.9. The standard InChI is InChI=1S/C20H24O4/c1-4-10-24-19-9-7-15(12-18(19)21)14-6-8-16(20(22)23)17(11-14)13(3)5-2/h6-9,11-13,21H,4-5,10H2,1-3H3,(H,22,23). The minimum Gasteiger partial charge on any atom is -0.504 e. The first-order chi connectivity index (χ1) is 11.5. The summed E-state index contributed by atoms with van der Waals surface area (Å²) in [6.45, 7) is 6.61. The number of carboxylic acids is 1. The van der Waals surface area contributed by atoms with Gasteiger partial charge < -0.3 is 14.9 Å². The first-order valence-electron chi connectivity index (χ1n) is 8.31. The zero-order chi connectivity index (χ0) is 17.7. The molecule has 2 aromatic rings. The quantitative estimate of drug-likeness (QED) is 0.745. The van der Waals surface area contributed by atoms with Crippen molar-refractivity contribution in [3.63, 3.8) is 0 Å². The molecule has 4 heteroatoms. The highest BCUT2D eigenvalue weighted by atomic mass is 16.5. The average Bonchev–Trinajstić information content (AvgIpc) is 2.59. The third kappa shape index (κ3) is 3.88. The summed E-state index contributed by atoms with van der Waals surface area (Å²) in [4.78, 5) is 11.4. The van der Waals surface area contributed by atoms with Crippen LogP contribution in [0, 0.1) is 0 Å². The van der Waals surface area contributed by atoms with E-state index in [1.165, 1.54) is 0 Å².